The van der Waals surface area contributed by atoms with E-state index < -0.39 is 0 Å². The Kier molecular flexibility index (Phi) is 2.63. The van der Waals surface area contributed by atoms with Gasteiger partial charge in [-0.3, -0.25) is 9.67 Å². The summed E-state index contributed by atoms with van der Waals surface area (Å²) in [5.41, 5.74) is 2.18. The van der Waals surface area contributed by atoms with E-state index in [4.69, 9.17) is 0 Å². The number of aryl methyl sites for hydroxylation is 1. The first-order valence-electron chi connectivity index (χ1n) is 4.43. The maximum Gasteiger partial charge on any atom is 0.0568 e. The van der Waals surface area contributed by atoms with E-state index in [0.29, 0.717) is 0 Å². The zero-order chi connectivity index (χ0) is 9.97. The first-order valence-corrected chi connectivity index (χ1v) is 5.22. The van der Waals surface area contributed by atoms with Crippen molar-refractivity contribution in [1.29, 1.82) is 0 Å². The first-order chi connectivity index (χ1) is 6.79. The highest BCUT2D eigenvalue weighted by Crippen LogP contribution is 2.20. The number of halogens is 1. The highest BCUT2D eigenvalue weighted by molar-refractivity contribution is 9.10. The molecule has 72 valence electrons. The maximum atomic E-state index is 4.21. The second-order valence-corrected chi connectivity index (χ2v) is 3.89. The molecule has 0 aromatic carbocycles. The summed E-state index contributed by atoms with van der Waals surface area (Å²) in [5.74, 6) is 0. The second-order valence-electron chi connectivity index (χ2n) is 2.98. The van der Waals surface area contributed by atoms with Crippen molar-refractivity contribution < 1.29 is 0 Å². The number of hydrogen-bond acceptors (Lipinski definition) is 2. The lowest BCUT2D eigenvalue weighted by atomic mass is 10.2. The third-order valence-electron chi connectivity index (χ3n) is 2.00. The molecular formula is C10H10BrN3. The summed E-state index contributed by atoms with van der Waals surface area (Å²) in [4.78, 5) is 4.11. The Balaban J connectivity index is 2.39. The predicted octanol–water partition coefficient (Wildman–Crippen LogP) is 2.73. The van der Waals surface area contributed by atoms with Gasteiger partial charge in [0.15, 0.2) is 0 Å². The quantitative estimate of drug-likeness (QED) is 0.822. The van der Waals surface area contributed by atoms with E-state index in [9.17, 15) is 0 Å². The normalized spacial score (nSPS) is 10.4. The van der Waals surface area contributed by atoms with Crippen LogP contribution in [-0.4, -0.2) is 14.8 Å². The van der Waals surface area contributed by atoms with Crippen molar-refractivity contribution in [3.8, 4) is 11.1 Å². The van der Waals surface area contributed by atoms with Crippen LogP contribution in [0.3, 0.4) is 0 Å². The van der Waals surface area contributed by atoms with E-state index in [1.807, 2.05) is 29.3 Å². The third-order valence-corrected chi connectivity index (χ3v) is 2.43. The Bertz CT molecular complexity index is 436. The molecule has 2 rings (SSSR count). The molecule has 0 fully saturated rings. The monoisotopic (exact) mass is 251 g/mol. The molecule has 0 amide bonds. The molecule has 0 spiro atoms. The molecule has 0 aliphatic rings. The van der Waals surface area contributed by atoms with Crippen molar-refractivity contribution in [2.75, 3.05) is 0 Å². The molecule has 3 nitrogen and oxygen atoms in total. The second kappa shape index (κ2) is 3.92. The van der Waals surface area contributed by atoms with Gasteiger partial charge in [0.1, 0.15) is 0 Å². The number of nitrogens with zero attached hydrogens (tertiary/aromatic N) is 3. The van der Waals surface area contributed by atoms with Crippen LogP contribution in [0.25, 0.3) is 11.1 Å². The molecule has 0 atom stereocenters. The van der Waals surface area contributed by atoms with E-state index in [1.54, 1.807) is 6.20 Å². The fraction of sp³-hybridized carbons (Fsp3) is 0.200. The topological polar surface area (TPSA) is 30.7 Å². The lowest BCUT2D eigenvalue weighted by Crippen LogP contribution is -1.91. The number of rotatable bonds is 2. The Morgan fingerprint density at radius 3 is 2.79 bits per heavy atom. The molecule has 2 heterocycles. The number of hydrogen-bond donors (Lipinski definition) is 0. The van der Waals surface area contributed by atoms with Crippen LogP contribution in [-0.2, 0) is 6.54 Å². The van der Waals surface area contributed by atoms with Gasteiger partial charge < -0.3 is 0 Å². The molecule has 0 bridgehead atoms. The van der Waals surface area contributed by atoms with Gasteiger partial charge >= 0.3 is 0 Å². The average Bonchev–Trinajstić information content (AvgIpc) is 2.66. The van der Waals surface area contributed by atoms with Crippen LogP contribution in [0, 0.1) is 0 Å². The number of pyridine rings is 1. The minimum absolute atomic E-state index is 0.890. The van der Waals surface area contributed by atoms with Gasteiger partial charge in [0, 0.05) is 40.7 Å². The largest absolute Gasteiger partial charge is 0.272 e. The van der Waals surface area contributed by atoms with E-state index >= 15 is 0 Å². The van der Waals surface area contributed by atoms with Crippen molar-refractivity contribution >= 4 is 15.9 Å². The molecule has 2 aromatic heterocycles. The average molecular weight is 252 g/mol. The lowest BCUT2D eigenvalue weighted by molar-refractivity contribution is 0.660. The van der Waals surface area contributed by atoms with Gasteiger partial charge in [0.05, 0.1) is 6.20 Å². The highest BCUT2D eigenvalue weighted by atomic mass is 79.9. The molecule has 0 aliphatic carbocycles. The smallest absolute Gasteiger partial charge is 0.0568 e. The van der Waals surface area contributed by atoms with E-state index in [-0.39, 0.29) is 0 Å². The Morgan fingerprint density at radius 2 is 2.14 bits per heavy atom. The summed E-state index contributed by atoms with van der Waals surface area (Å²) in [5, 5.41) is 4.21. The Labute approximate surface area is 90.9 Å². The van der Waals surface area contributed by atoms with Gasteiger partial charge in [-0.05, 0) is 28.9 Å². The van der Waals surface area contributed by atoms with Crippen LogP contribution < -0.4 is 0 Å². The molecule has 0 saturated carbocycles. The number of aromatic nitrogens is 3. The summed E-state index contributed by atoms with van der Waals surface area (Å²) in [6, 6.07) is 2.03. The molecule has 14 heavy (non-hydrogen) atoms. The van der Waals surface area contributed by atoms with Gasteiger partial charge in [-0.15, -0.1) is 0 Å². The van der Waals surface area contributed by atoms with Gasteiger partial charge in [-0.2, -0.15) is 5.10 Å². The van der Waals surface area contributed by atoms with Crippen LogP contribution in [0.1, 0.15) is 6.92 Å². The first kappa shape index (κ1) is 9.40. The highest BCUT2D eigenvalue weighted by Gasteiger charge is 2.01. The summed E-state index contributed by atoms with van der Waals surface area (Å²) in [6.45, 7) is 2.96. The molecule has 4 heteroatoms. The van der Waals surface area contributed by atoms with Crippen molar-refractivity contribution in [2.24, 2.45) is 0 Å². The summed E-state index contributed by atoms with van der Waals surface area (Å²) < 4.78 is 2.88. The van der Waals surface area contributed by atoms with Crippen LogP contribution >= 0.6 is 15.9 Å². The minimum Gasteiger partial charge on any atom is -0.272 e. The van der Waals surface area contributed by atoms with Crippen molar-refractivity contribution in [3.05, 3.63) is 35.3 Å². The summed E-state index contributed by atoms with van der Waals surface area (Å²) in [7, 11) is 0. The van der Waals surface area contributed by atoms with Crippen LogP contribution in [0.5, 0.6) is 0 Å². The molecule has 0 radical (unpaired) electrons. The van der Waals surface area contributed by atoms with Gasteiger partial charge in [0.25, 0.3) is 0 Å². The minimum atomic E-state index is 0.890. The third kappa shape index (κ3) is 1.85. The van der Waals surface area contributed by atoms with Gasteiger partial charge in [-0.25, -0.2) is 0 Å². The van der Waals surface area contributed by atoms with Crippen LogP contribution in [0.15, 0.2) is 35.3 Å². The fourth-order valence-corrected chi connectivity index (χ4v) is 1.62. The van der Waals surface area contributed by atoms with Crippen LogP contribution in [0.2, 0.25) is 0 Å². The SMILES string of the molecule is CCn1cc(-c2cncc(Br)c2)cn1. The molecular weight excluding hydrogens is 242 g/mol. The predicted molar refractivity (Wildman–Crippen MR) is 58.8 cm³/mol. The standard InChI is InChI=1S/C10H10BrN3/c1-2-14-7-9(5-13-14)8-3-10(11)6-12-4-8/h3-7H,2H2,1H3. The Morgan fingerprint density at radius 1 is 1.29 bits per heavy atom. The summed E-state index contributed by atoms with van der Waals surface area (Å²) in [6.07, 6.45) is 7.48. The van der Waals surface area contributed by atoms with Crippen molar-refractivity contribution in [1.82, 2.24) is 14.8 Å². The van der Waals surface area contributed by atoms with Crippen molar-refractivity contribution in [2.45, 2.75) is 13.5 Å². The molecule has 2 aromatic rings. The molecule has 0 unspecified atom stereocenters. The van der Waals surface area contributed by atoms with E-state index in [2.05, 4.69) is 32.9 Å². The zero-order valence-corrected chi connectivity index (χ0v) is 9.40. The molecule has 0 N–H and O–H groups in total. The van der Waals surface area contributed by atoms with Crippen molar-refractivity contribution in [3.63, 3.8) is 0 Å². The zero-order valence-electron chi connectivity index (χ0n) is 7.81. The summed E-state index contributed by atoms with van der Waals surface area (Å²) >= 11 is 3.39. The lowest BCUT2D eigenvalue weighted by Gasteiger charge is -1.96. The van der Waals surface area contributed by atoms with Gasteiger partial charge in [0.2, 0.25) is 0 Å². The fourth-order valence-electron chi connectivity index (χ4n) is 1.26. The van der Waals surface area contributed by atoms with Crippen LogP contribution in [0.4, 0.5) is 0 Å². The molecule has 0 saturated heterocycles. The molecule has 0 aliphatic heterocycles. The maximum absolute atomic E-state index is 4.21. The van der Waals surface area contributed by atoms with E-state index in [1.165, 1.54) is 0 Å². The van der Waals surface area contributed by atoms with Gasteiger partial charge in [-0.1, -0.05) is 0 Å². The van der Waals surface area contributed by atoms with E-state index in [0.717, 1.165) is 22.1 Å². The Hall–Kier alpha value is -1.16.